The van der Waals surface area contributed by atoms with Crippen molar-refractivity contribution < 1.29 is 13.5 Å². The Balaban J connectivity index is 1.74. The summed E-state index contributed by atoms with van der Waals surface area (Å²) in [6, 6.07) is 8.96. The van der Waals surface area contributed by atoms with Crippen LogP contribution in [0.2, 0.25) is 0 Å². The van der Waals surface area contributed by atoms with Crippen LogP contribution in [0.5, 0.6) is 0 Å². The smallest absolute Gasteiger partial charge is 0.251 e. The third-order valence-corrected chi connectivity index (χ3v) is 7.17. The summed E-state index contributed by atoms with van der Waals surface area (Å²) in [4.78, 5) is 12.7. The molecule has 1 fully saturated rings. The predicted octanol–water partition coefficient (Wildman–Crippen LogP) is 2.78. The number of nitrogens with one attached hydrogen (secondary N) is 1. The van der Waals surface area contributed by atoms with E-state index in [9.17, 15) is 13.5 Å². The normalized spacial score (nSPS) is 16.6. The summed E-state index contributed by atoms with van der Waals surface area (Å²) in [5, 5.41) is 13.0. The minimum Gasteiger partial charge on any atom is -0.394 e. The van der Waals surface area contributed by atoms with Gasteiger partial charge in [0, 0.05) is 0 Å². The molecular formula is C18H20N4O3S2. The summed E-state index contributed by atoms with van der Waals surface area (Å²) in [5.74, 6) is 0.263. The lowest BCUT2D eigenvalue weighted by molar-refractivity contribution is 0.214. The third kappa shape index (κ3) is 3.67. The van der Waals surface area contributed by atoms with Crippen LogP contribution in [0.25, 0.3) is 10.3 Å². The Hall–Kier alpha value is -2.10. The van der Waals surface area contributed by atoms with Crippen LogP contribution in [-0.2, 0) is 15.6 Å². The Bertz CT molecular complexity index is 1040. The van der Waals surface area contributed by atoms with Crippen molar-refractivity contribution in [1.29, 1.82) is 0 Å². The highest BCUT2D eigenvalue weighted by atomic mass is 32.2. The monoisotopic (exact) mass is 404 g/mol. The number of aliphatic hydroxyl groups is 1. The fraction of sp³-hybridized carbons (Fsp3) is 0.389. The summed E-state index contributed by atoms with van der Waals surface area (Å²) < 4.78 is 26.5. The van der Waals surface area contributed by atoms with E-state index in [-0.39, 0.29) is 17.5 Å². The predicted molar refractivity (Wildman–Crippen MR) is 104 cm³/mol. The number of fused-ring (bicyclic) bond motifs is 1. The molecule has 27 heavy (non-hydrogen) atoms. The number of hydrogen-bond acceptors (Lipinski definition) is 8. The second-order valence-electron chi connectivity index (χ2n) is 6.88. The molecular weight excluding hydrogens is 384 g/mol. The highest BCUT2D eigenvalue weighted by molar-refractivity contribution is 7.90. The Kier molecular flexibility index (Phi) is 4.83. The van der Waals surface area contributed by atoms with Crippen molar-refractivity contribution in [1.82, 2.24) is 15.0 Å². The van der Waals surface area contributed by atoms with E-state index in [1.54, 1.807) is 29.8 Å². The number of thiazole rings is 1. The van der Waals surface area contributed by atoms with Gasteiger partial charge in [0.2, 0.25) is 9.84 Å². The minimum absolute atomic E-state index is 0.0244. The first-order chi connectivity index (χ1) is 13.0. The van der Waals surface area contributed by atoms with Crippen LogP contribution >= 0.6 is 11.3 Å². The largest absolute Gasteiger partial charge is 0.394 e. The second kappa shape index (κ2) is 7.14. The first kappa shape index (κ1) is 18.3. The fourth-order valence-electron chi connectivity index (χ4n) is 3.45. The molecule has 0 saturated heterocycles. The fourth-order valence-corrected chi connectivity index (χ4v) is 5.34. The van der Waals surface area contributed by atoms with Gasteiger partial charge in [-0.3, -0.25) is 0 Å². The molecule has 9 heteroatoms. The minimum atomic E-state index is -3.73. The lowest BCUT2D eigenvalue weighted by Crippen LogP contribution is -2.39. The van der Waals surface area contributed by atoms with Gasteiger partial charge in [-0.25, -0.2) is 13.4 Å². The standard InChI is InChI=1S/C18H20N4O3S2/c23-11-18(8-4-5-9-18)22-16-14-15(19-12-26-14)20-17(21-16)27(24,25)10-13-6-2-1-3-7-13/h1-3,6-7,12,23H,4-5,8-11H2,(H,20,21,22). The van der Waals surface area contributed by atoms with Crippen molar-refractivity contribution in [3.63, 3.8) is 0 Å². The van der Waals surface area contributed by atoms with E-state index in [2.05, 4.69) is 20.3 Å². The molecule has 2 aromatic heterocycles. The highest BCUT2D eigenvalue weighted by Crippen LogP contribution is 2.35. The van der Waals surface area contributed by atoms with Gasteiger partial charge in [-0.15, -0.1) is 11.3 Å². The van der Waals surface area contributed by atoms with Gasteiger partial charge in [-0.1, -0.05) is 43.2 Å². The van der Waals surface area contributed by atoms with Gasteiger partial charge in [0.15, 0.2) is 11.5 Å². The number of anilines is 1. The molecule has 1 aliphatic carbocycles. The van der Waals surface area contributed by atoms with E-state index in [1.165, 1.54) is 11.3 Å². The van der Waals surface area contributed by atoms with Crippen molar-refractivity contribution >= 4 is 37.3 Å². The Morgan fingerprint density at radius 1 is 1.15 bits per heavy atom. The van der Waals surface area contributed by atoms with E-state index in [1.807, 2.05) is 6.07 Å². The lowest BCUT2D eigenvalue weighted by atomic mass is 9.99. The molecule has 0 amide bonds. The zero-order chi connectivity index (χ0) is 18.9. The number of benzene rings is 1. The molecule has 2 N–H and O–H groups in total. The summed E-state index contributed by atoms with van der Waals surface area (Å²) in [7, 11) is -3.73. The van der Waals surface area contributed by atoms with Gasteiger partial charge in [0.25, 0.3) is 5.16 Å². The van der Waals surface area contributed by atoms with Crippen LogP contribution in [0.15, 0.2) is 41.0 Å². The van der Waals surface area contributed by atoms with E-state index < -0.39 is 15.4 Å². The van der Waals surface area contributed by atoms with Gasteiger partial charge in [-0.2, -0.15) is 9.97 Å². The van der Waals surface area contributed by atoms with Crippen molar-refractivity contribution in [2.24, 2.45) is 0 Å². The lowest BCUT2D eigenvalue weighted by Gasteiger charge is -2.28. The Labute approximate surface area is 161 Å². The number of sulfone groups is 1. The van der Waals surface area contributed by atoms with E-state index in [0.29, 0.717) is 21.7 Å². The Morgan fingerprint density at radius 2 is 1.89 bits per heavy atom. The van der Waals surface area contributed by atoms with Crippen molar-refractivity contribution in [2.75, 3.05) is 11.9 Å². The number of nitrogens with zero attached hydrogens (tertiary/aromatic N) is 3. The van der Waals surface area contributed by atoms with Gasteiger partial charge in [0.05, 0.1) is 23.4 Å². The molecule has 0 aliphatic heterocycles. The molecule has 0 bridgehead atoms. The molecule has 2 heterocycles. The van der Waals surface area contributed by atoms with Crippen LogP contribution < -0.4 is 5.32 Å². The molecule has 0 spiro atoms. The van der Waals surface area contributed by atoms with Gasteiger partial charge in [0.1, 0.15) is 4.70 Å². The number of rotatable bonds is 6. The van der Waals surface area contributed by atoms with Crippen molar-refractivity contribution in [2.45, 2.75) is 42.1 Å². The maximum absolute atomic E-state index is 12.9. The molecule has 142 valence electrons. The maximum atomic E-state index is 12.9. The molecule has 0 radical (unpaired) electrons. The number of aromatic nitrogens is 3. The highest BCUT2D eigenvalue weighted by Gasteiger charge is 2.34. The van der Waals surface area contributed by atoms with Gasteiger partial charge < -0.3 is 10.4 Å². The average molecular weight is 405 g/mol. The van der Waals surface area contributed by atoms with Crippen LogP contribution in [0, 0.1) is 0 Å². The molecule has 1 aliphatic rings. The summed E-state index contributed by atoms with van der Waals surface area (Å²) in [6.07, 6.45) is 3.67. The Morgan fingerprint density at radius 3 is 2.59 bits per heavy atom. The molecule has 1 saturated carbocycles. The first-order valence-corrected chi connectivity index (χ1v) is 11.3. The first-order valence-electron chi connectivity index (χ1n) is 8.78. The molecule has 1 aromatic carbocycles. The third-order valence-electron chi connectivity index (χ3n) is 4.90. The topological polar surface area (TPSA) is 105 Å². The van der Waals surface area contributed by atoms with Crippen molar-refractivity contribution in [3.8, 4) is 0 Å². The molecule has 0 atom stereocenters. The molecule has 0 unspecified atom stereocenters. The summed E-state index contributed by atoms with van der Waals surface area (Å²) in [5.41, 5.74) is 2.19. The number of hydrogen-bond donors (Lipinski definition) is 2. The average Bonchev–Trinajstić information content (AvgIpc) is 3.32. The summed E-state index contributed by atoms with van der Waals surface area (Å²) in [6.45, 7) is -0.0244. The summed E-state index contributed by atoms with van der Waals surface area (Å²) >= 11 is 1.35. The second-order valence-corrected chi connectivity index (χ2v) is 9.61. The van der Waals surface area contributed by atoms with Crippen LogP contribution in [0.1, 0.15) is 31.2 Å². The molecule has 3 aromatic rings. The maximum Gasteiger partial charge on any atom is 0.251 e. The zero-order valence-corrected chi connectivity index (χ0v) is 16.3. The van der Waals surface area contributed by atoms with Crippen LogP contribution in [0.3, 0.4) is 0 Å². The van der Waals surface area contributed by atoms with Gasteiger partial charge >= 0.3 is 0 Å². The van der Waals surface area contributed by atoms with E-state index in [4.69, 9.17) is 0 Å². The van der Waals surface area contributed by atoms with Crippen LogP contribution in [0.4, 0.5) is 5.82 Å². The SMILES string of the molecule is O=S(=O)(Cc1ccccc1)c1nc(NC2(CO)CCCC2)c2scnc2n1. The molecule has 7 nitrogen and oxygen atoms in total. The van der Waals surface area contributed by atoms with E-state index in [0.717, 1.165) is 25.7 Å². The zero-order valence-electron chi connectivity index (χ0n) is 14.6. The van der Waals surface area contributed by atoms with Crippen LogP contribution in [-0.4, -0.2) is 40.6 Å². The quantitative estimate of drug-likeness (QED) is 0.609. The van der Waals surface area contributed by atoms with Crippen molar-refractivity contribution in [3.05, 3.63) is 41.4 Å². The van der Waals surface area contributed by atoms with E-state index >= 15 is 0 Å². The molecule has 4 rings (SSSR count). The number of aliphatic hydroxyl groups excluding tert-OH is 1. The van der Waals surface area contributed by atoms with Gasteiger partial charge in [-0.05, 0) is 18.4 Å².